The number of benzene rings is 1. The van der Waals surface area contributed by atoms with Crippen LogP contribution in [0.5, 0.6) is 0 Å². The number of hydrogen-bond acceptors (Lipinski definition) is 2. The van der Waals surface area contributed by atoms with E-state index in [4.69, 9.17) is 5.73 Å². The molecule has 2 aliphatic rings. The molecule has 0 unspecified atom stereocenters. The van der Waals surface area contributed by atoms with E-state index >= 15 is 0 Å². The summed E-state index contributed by atoms with van der Waals surface area (Å²) in [5.41, 5.74) is 7.85. The third-order valence-electron chi connectivity index (χ3n) is 5.88. The van der Waals surface area contributed by atoms with Crippen LogP contribution in [0.3, 0.4) is 0 Å². The second kappa shape index (κ2) is 6.93. The summed E-state index contributed by atoms with van der Waals surface area (Å²) in [7, 11) is 0. The van der Waals surface area contributed by atoms with Gasteiger partial charge in [0.1, 0.15) is 0 Å². The Bertz CT molecular complexity index is 416. The topological polar surface area (TPSA) is 38.0 Å². The molecular weight excluding hydrogens is 256 g/mol. The van der Waals surface area contributed by atoms with Crippen molar-refractivity contribution in [2.75, 3.05) is 13.1 Å². The van der Waals surface area contributed by atoms with Crippen molar-refractivity contribution >= 4 is 0 Å². The van der Waals surface area contributed by atoms with Crippen molar-refractivity contribution in [3.05, 3.63) is 35.9 Å². The fraction of sp³-hybridized carbons (Fsp3) is 0.684. The second-order valence-corrected chi connectivity index (χ2v) is 7.18. The molecule has 21 heavy (non-hydrogen) atoms. The molecule has 0 atom stereocenters. The van der Waals surface area contributed by atoms with E-state index in [0.717, 1.165) is 24.9 Å². The highest BCUT2D eigenvalue weighted by Crippen LogP contribution is 2.38. The average molecular weight is 286 g/mol. The van der Waals surface area contributed by atoms with E-state index in [-0.39, 0.29) is 5.54 Å². The largest absolute Gasteiger partial charge is 0.329 e. The average Bonchev–Trinajstić information content (AvgIpc) is 2.51. The zero-order chi connectivity index (χ0) is 14.5. The molecule has 3 rings (SSSR count). The molecule has 2 aliphatic carbocycles. The van der Waals surface area contributed by atoms with Gasteiger partial charge in [-0.25, -0.2) is 0 Å². The number of hydrogen-bond donors (Lipinski definition) is 2. The van der Waals surface area contributed by atoms with Crippen LogP contribution >= 0.6 is 0 Å². The molecule has 116 valence electrons. The molecule has 2 heteroatoms. The minimum atomic E-state index is 0.217. The van der Waals surface area contributed by atoms with Crippen molar-refractivity contribution in [2.45, 2.75) is 62.8 Å². The Balaban J connectivity index is 1.49. The maximum absolute atomic E-state index is 6.12. The van der Waals surface area contributed by atoms with E-state index in [1.165, 1.54) is 56.9 Å². The Hall–Kier alpha value is -0.860. The number of nitrogens with one attached hydrogen (secondary N) is 1. The standard InChI is InChI=1S/C19H30N2/c20-15-19(21-14-11-16-5-4-6-16)12-9-18(10-13-19)17-7-2-1-3-8-17/h1-3,7-8,16,18,21H,4-6,9-15,20H2. The predicted molar refractivity (Wildman–Crippen MR) is 89.4 cm³/mol. The molecule has 0 amide bonds. The molecule has 1 aromatic carbocycles. The zero-order valence-corrected chi connectivity index (χ0v) is 13.2. The van der Waals surface area contributed by atoms with E-state index in [1.807, 2.05) is 0 Å². The summed E-state index contributed by atoms with van der Waals surface area (Å²) in [6.45, 7) is 1.96. The zero-order valence-electron chi connectivity index (χ0n) is 13.2. The first-order valence-electron chi connectivity index (χ1n) is 8.81. The lowest BCUT2D eigenvalue weighted by Gasteiger charge is -2.41. The van der Waals surface area contributed by atoms with Gasteiger partial charge in [0.05, 0.1) is 0 Å². The highest BCUT2D eigenvalue weighted by atomic mass is 15.0. The predicted octanol–water partition coefficient (Wildman–Crippen LogP) is 3.82. The first kappa shape index (κ1) is 15.1. The summed E-state index contributed by atoms with van der Waals surface area (Å²) in [5, 5.41) is 3.83. The van der Waals surface area contributed by atoms with Crippen molar-refractivity contribution in [3.8, 4) is 0 Å². The lowest BCUT2D eigenvalue weighted by molar-refractivity contribution is 0.206. The minimum absolute atomic E-state index is 0.217. The molecule has 0 saturated heterocycles. The summed E-state index contributed by atoms with van der Waals surface area (Å²) < 4.78 is 0. The van der Waals surface area contributed by atoms with Crippen LogP contribution in [0.25, 0.3) is 0 Å². The Morgan fingerprint density at radius 2 is 1.76 bits per heavy atom. The van der Waals surface area contributed by atoms with Gasteiger partial charge in [0, 0.05) is 12.1 Å². The second-order valence-electron chi connectivity index (χ2n) is 7.18. The van der Waals surface area contributed by atoms with E-state index in [9.17, 15) is 0 Å². The van der Waals surface area contributed by atoms with Crippen molar-refractivity contribution in [1.82, 2.24) is 5.32 Å². The fourth-order valence-electron chi connectivity index (χ4n) is 4.00. The lowest BCUT2D eigenvalue weighted by atomic mass is 9.74. The quantitative estimate of drug-likeness (QED) is 0.834. The fourth-order valence-corrected chi connectivity index (χ4v) is 4.00. The SMILES string of the molecule is NCC1(NCCC2CCC2)CCC(c2ccccc2)CC1. The van der Waals surface area contributed by atoms with Gasteiger partial charge in [0.15, 0.2) is 0 Å². The molecule has 0 aliphatic heterocycles. The molecule has 1 aromatic rings. The van der Waals surface area contributed by atoms with Gasteiger partial charge in [-0.15, -0.1) is 0 Å². The normalized spacial score (nSPS) is 30.0. The van der Waals surface area contributed by atoms with Crippen molar-refractivity contribution in [3.63, 3.8) is 0 Å². The van der Waals surface area contributed by atoms with Gasteiger partial charge in [-0.1, -0.05) is 49.6 Å². The molecular formula is C19H30N2. The van der Waals surface area contributed by atoms with Crippen LogP contribution in [0.1, 0.15) is 62.8 Å². The monoisotopic (exact) mass is 286 g/mol. The van der Waals surface area contributed by atoms with E-state index in [2.05, 4.69) is 35.6 Å². The molecule has 0 radical (unpaired) electrons. The van der Waals surface area contributed by atoms with E-state index < -0.39 is 0 Å². The summed E-state index contributed by atoms with van der Waals surface area (Å²) in [6.07, 6.45) is 10.7. The van der Waals surface area contributed by atoms with Crippen LogP contribution in [0.4, 0.5) is 0 Å². The molecule has 2 nitrogen and oxygen atoms in total. The molecule has 0 heterocycles. The Morgan fingerprint density at radius 3 is 2.33 bits per heavy atom. The minimum Gasteiger partial charge on any atom is -0.329 e. The first-order chi connectivity index (χ1) is 10.3. The van der Waals surface area contributed by atoms with Crippen LogP contribution in [-0.2, 0) is 0 Å². The smallest absolute Gasteiger partial charge is 0.0304 e. The summed E-state index contributed by atoms with van der Waals surface area (Å²) >= 11 is 0. The van der Waals surface area contributed by atoms with Crippen molar-refractivity contribution in [1.29, 1.82) is 0 Å². The third kappa shape index (κ3) is 3.67. The van der Waals surface area contributed by atoms with Gasteiger partial charge in [-0.2, -0.15) is 0 Å². The van der Waals surface area contributed by atoms with Gasteiger partial charge in [0.2, 0.25) is 0 Å². The van der Waals surface area contributed by atoms with E-state index in [1.54, 1.807) is 0 Å². The summed E-state index contributed by atoms with van der Waals surface area (Å²) in [4.78, 5) is 0. The molecule has 2 fully saturated rings. The van der Waals surface area contributed by atoms with Crippen LogP contribution in [0.2, 0.25) is 0 Å². The number of rotatable bonds is 6. The molecule has 0 spiro atoms. The molecule has 0 aromatic heterocycles. The van der Waals surface area contributed by atoms with Crippen molar-refractivity contribution in [2.24, 2.45) is 11.7 Å². The maximum atomic E-state index is 6.12. The Morgan fingerprint density at radius 1 is 1.05 bits per heavy atom. The van der Waals surface area contributed by atoms with Gasteiger partial charge >= 0.3 is 0 Å². The van der Waals surface area contributed by atoms with Gasteiger partial charge < -0.3 is 11.1 Å². The summed E-state index contributed by atoms with van der Waals surface area (Å²) in [5.74, 6) is 1.73. The molecule has 3 N–H and O–H groups in total. The maximum Gasteiger partial charge on any atom is 0.0304 e. The first-order valence-corrected chi connectivity index (χ1v) is 8.81. The van der Waals surface area contributed by atoms with Gasteiger partial charge in [-0.05, 0) is 56.0 Å². The summed E-state index contributed by atoms with van der Waals surface area (Å²) in [6, 6.07) is 11.0. The van der Waals surface area contributed by atoms with Crippen LogP contribution in [0, 0.1) is 5.92 Å². The Kier molecular flexibility index (Phi) is 4.97. The van der Waals surface area contributed by atoms with Gasteiger partial charge in [-0.3, -0.25) is 0 Å². The van der Waals surface area contributed by atoms with Crippen LogP contribution < -0.4 is 11.1 Å². The third-order valence-corrected chi connectivity index (χ3v) is 5.88. The van der Waals surface area contributed by atoms with Crippen LogP contribution in [-0.4, -0.2) is 18.6 Å². The number of nitrogens with two attached hydrogens (primary N) is 1. The molecule has 0 bridgehead atoms. The van der Waals surface area contributed by atoms with Crippen LogP contribution in [0.15, 0.2) is 30.3 Å². The molecule has 2 saturated carbocycles. The van der Waals surface area contributed by atoms with Gasteiger partial charge in [0.25, 0.3) is 0 Å². The van der Waals surface area contributed by atoms with E-state index in [0.29, 0.717) is 0 Å². The highest BCUT2D eigenvalue weighted by Gasteiger charge is 2.34. The van der Waals surface area contributed by atoms with Crippen molar-refractivity contribution < 1.29 is 0 Å². The highest BCUT2D eigenvalue weighted by molar-refractivity contribution is 5.20. The lowest BCUT2D eigenvalue weighted by Crippen LogP contribution is -2.53. The Labute approximate surface area is 129 Å².